The van der Waals surface area contributed by atoms with E-state index >= 15 is 0 Å². The second-order valence-electron chi connectivity index (χ2n) is 8.90. The molecule has 0 spiro atoms. The summed E-state index contributed by atoms with van der Waals surface area (Å²) >= 11 is 0. The number of hydrogen-bond donors (Lipinski definition) is 0. The molecule has 0 atom stereocenters. The number of fused-ring (bicyclic) bond motifs is 1. The van der Waals surface area contributed by atoms with Crippen molar-refractivity contribution in [3.63, 3.8) is 0 Å². The van der Waals surface area contributed by atoms with Crippen LogP contribution in [0.2, 0.25) is 0 Å². The minimum Gasteiger partial charge on any atom is -0.337 e. The van der Waals surface area contributed by atoms with Gasteiger partial charge in [-0.3, -0.25) is 9.89 Å². The van der Waals surface area contributed by atoms with Crippen molar-refractivity contribution in [2.24, 2.45) is 10.4 Å². The smallest absolute Gasteiger partial charge is 0.0794 e. The molecule has 1 aromatic rings. The van der Waals surface area contributed by atoms with Gasteiger partial charge in [0, 0.05) is 43.1 Å². The van der Waals surface area contributed by atoms with E-state index in [0.717, 1.165) is 51.7 Å². The van der Waals surface area contributed by atoms with Gasteiger partial charge in [-0.25, -0.2) is 0 Å². The van der Waals surface area contributed by atoms with Crippen molar-refractivity contribution in [2.75, 3.05) is 24.5 Å². The Morgan fingerprint density at radius 2 is 1.96 bits per heavy atom. The Labute approximate surface area is 167 Å². The molecule has 144 valence electrons. The van der Waals surface area contributed by atoms with Gasteiger partial charge >= 0.3 is 0 Å². The molecule has 1 saturated heterocycles. The number of aliphatic imine (C=N–C) groups is 1. The van der Waals surface area contributed by atoms with Crippen LogP contribution in [-0.2, 0) is 0 Å². The lowest BCUT2D eigenvalue weighted by molar-refractivity contribution is 0.169. The van der Waals surface area contributed by atoms with Crippen LogP contribution in [0.1, 0.15) is 37.7 Å². The van der Waals surface area contributed by atoms with Crippen LogP contribution in [0, 0.1) is 23.7 Å². The van der Waals surface area contributed by atoms with E-state index in [2.05, 4.69) is 58.6 Å². The minimum absolute atomic E-state index is 0.0189. The van der Waals surface area contributed by atoms with Gasteiger partial charge in [-0.15, -0.1) is 0 Å². The maximum atomic E-state index is 9.43. The lowest BCUT2D eigenvalue weighted by atomic mass is 9.98. The fourth-order valence-corrected chi connectivity index (χ4v) is 5.34. The molecule has 0 aromatic heterocycles. The van der Waals surface area contributed by atoms with Gasteiger partial charge in [-0.05, 0) is 56.7 Å². The maximum absolute atomic E-state index is 9.43. The number of anilines is 1. The molecule has 5 rings (SSSR count). The average molecular weight is 373 g/mol. The predicted octanol–water partition coefficient (Wildman–Crippen LogP) is 4.24. The van der Waals surface area contributed by atoms with E-state index in [1.54, 1.807) is 0 Å². The Bertz CT molecular complexity index is 888. The lowest BCUT2D eigenvalue weighted by Gasteiger charge is -2.42. The van der Waals surface area contributed by atoms with E-state index in [1.807, 2.05) is 12.3 Å². The zero-order valence-corrected chi connectivity index (χ0v) is 16.7. The number of benzene rings is 1. The summed E-state index contributed by atoms with van der Waals surface area (Å²) in [5.41, 5.74) is 5.30. The molecule has 28 heavy (non-hydrogen) atoms. The average Bonchev–Trinajstić information content (AvgIpc) is 3.58. The topological polar surface area (TPSA) is 42.6 Å². The van der Waals surface area contributed by atoms with Gasteiger partial charge in [0.1, 0.15) is 0 Å². The number of aryl methyl sites for hydroxylation is 1. The molecule has 0 bridgehead atoms. The van der Waals surface area contributed by atoms with Crippen molar-refractivity contribution in [3.05, 3.63) is 53.8 Å². The van der Waals surface area contributed by atoms with Crippen LogP contribution in [0.4, 0.5) is 5.69 Å². The third-order valence-electron chi connectivity index (χ3n) is 7.35. The molecule has 1 aromatic carbocycles. The van der Waals surface area contributed by atoms with E-state index in [4.69, 9.17) is 0 Å². The molecule has 0 amide bonds. The Morgan fingerprint density at radius 1 is 1.25 bits per heavy atom. The predicted molar refractivity (Wildman–Crippen MR) is 113 cm³/mol. The van der Waals surface area contributed by atoms with Crippen molar-refractivity contribution in [2.45, 2.75) is 50.6 Å². The first-order valence-electron chi connectivity index (χ1n) is 10.5. The fraction of sp³-hybridized carbons (Fsp3) is 0.500. The molecular formula is C24H28N4. The van der Waals surface area contributed by atoms with Gasteiger partial charge in [0.15, 0.2) is 0 Å². The number of allylic oxidation sites excluding steroid dienone is 2. The molecule has 2 aliphatic heterocycles. The van der Waals surface area contributed by atoms with Crippen molar-refractivity contribution < 1.29 is 0 Å². The Balaban J connectivity index is 1.41. The van der Waals surface area contributed by atoms with Crippen LogP contribution < -0.4 is 4.90 Å². The van der Waals surface area contributed by atoms with Crippen molar-refractivity contribution in [1.29, 1.82) is 5.26 Å². The largest absolute Gasteiger partial charge is 0.337 e. The van der Waals surface area contributed by atoms with Crippen LogP contribution in [0.3, 0.4) is 0 Å². The van der Waals surface area contributed by atoms with E-state index in [-0.39, 0.29) is 11.0 Å². The Kier molecular flexibility index (Phi) is 4.00. The summed E-state index contributed by atoms with van der Waals surface area (Å²) in [6.45, 7) is 9.22. The zero-order chi connectivity index (χ0) is 19.4. The first-order valence-corrected chi connectivity index (χ1v) is 10.5. The molecule has 4 heteroatoms. The SMILES string of the molecule is C=CC1=C(N(c2ccc(C)cc2)C2CCN(C34CC3(C#N)C4)CC2)C=NCC1. The molecule has 2 heterocycles. The van der Waals surface area contributed by atoms with Gasteiger partial charge in [-0.1, -0.05) is 30.4 Å². The maximum Gasteiger partial charge on any atom is 0.0794 e. The van der Waals surface area contributed by atoms with Crippen LogP contribution in [0.15, 0.2) is 53.2 Å². The molecule has 4 nitrogen and oxygen atoms in total. The summed E-state index contributed by atoms with van der Waals surface area (Å²) in [6, 6.07) is 11.9. The van der Waals surface area contributed by atoms with Crippen LogP contribution >= 0.6 is 0 Å². The van der Waals surface area contributed by atoms with Crippen molar-refractivity contribution in [1.82, 2.24) is 4.90 Å². The summed E-state index contributed by atoms with van der Waals surface area (Å²) in [4.78, 5) is 9.70. The fourth-order valence-electron chi connectivity index (χ4n) is 5.34. The lowest BCUT2D eigenvalue weighted by Crippen LogP contribution is -2.47. The monoisotopic (exact) mass is 372 g/mol. The number of rotatable bonds is 5. The van der Waals surface area contributed by atoms with Crippen molar-refractivity contribution in [3.8, 4) is 6.07 Å². The second-order valence-corrected chi connectivity index (χ2v) is 8.90. The van der Waals surface area contributed by atoms with Crippen LogP contribution in [-0.4, -0.2) is 42.3 Å². The summed E-state index contributed by atoms with van der Waals surface area (Å²) < 4.78 is 0. The summed E-state index contributed by atoms with van der Waals surface area (Å²) in [6.07, 6.45) is 9.46. The molecular weight excluding hydrogens is 344 g/mol. The van der Waals surface area contributed by atoms with Crippen LogP contribution in [0.25, 0.3) is 0 Å². The van der Waals surface area contributed by atoms with Gasteiger partial charge in [0.05, 0.1) is 17.2 Å². The van der Waals surface area contributed by atoms with E-state index in [0.29, 0.717) is 6.04 Å². The molecule has 0 N–H and O–H groups in total. The van der Waals surface area contributed by atoms with E-state index < -0.39 is 0 Å². The second kappa shape index (κ2) is 6.32. The number of nitrogens with zero attached hydrogens (tertiary/aromatic N) is 4. The third kappa shape index (κ3) is 2.57. The summed E-state index contributed by atoms with van der Waals surface area (Å²) in [5.74, 6) is 0. The molecule has 0 unspecified atom stereocenters. The quantitative estimate of drug-likeness (QED) is 0.776. The van der Waals surface area contributed by atoms with Gasteiger partial charge < -0.3 is 4.90 Å². The van der Waals surface area contributed by atoms with E-state index in [9.17, 15) is 5.26 Å². The molecule has 0 radical (unpaired) electrons. The highest BCUT2D eigenvalue weighted by Gasteiger charge is 2.86. The minimum atomic E-state index is 0.0189. The highest BCUT2D eigenvalue weighted by Crippen LogP contribution is 2.81. The van der Waals surface area contributed by atoms with E-state index in [1.165, 1.54) is 22.5 Å². The molecule has 4 aliphatic rings. The van der Waals surface area contributed by atoms with Crippen LogP contribution in [0.5, 0.6) is 0 Å². The molecule has 2 aliphatic carbocycles. The standard InChI is InChI=1S/C24H28N4/c1-3-19-8-11-26-14-22(19)28(20-6-4-18(2)5-7-20)21-9-12-27(13-10-21)24-15-23(24,16-24)17-25/h3-7,14,21H,1,8-13,15-16H2,2H3. The van der Waals surface area contributed by atoms with Gasteiger partial charge in [-0.2, -0.15) is 5.26 Å². The highest BCUT2D eigenvalue weighted by atomic mass is 15.3. The van der Waals surface area contributed by atoms with Gasteiger partial charge in [0.25, 0.3) is 0 Å². The Morgan fingerprint density at radius 3 is 2.57 bits per heavy atom. The first kappa shape index (κ1) is 17.7. The number of dihydropyridines is 1. The number of likely N-dealkylation sites (tertiary alicyclic amines) is 1. The number of nitriles is 1. The number of piperidine rings is 1. The number of hydrogen-bond acceptors (Lipinski definition) is 4. The molecule has 2 saturated carbocycles. The van der Waals surface area contributed by atoms with Crippen molar-refractivity contribution >= 4 is 11.9 Å². The summed E-state index contributed by atoms with van der Waals surface area (Å²) in [7, 11) is 0. The first-order chi connectivity index (χ1) is 13.6. The Hall–Kier alpha value is -2.38. The normalized spacial score (nSPS) is 31.9. The third-order valence-corrected chi connectivity index (χ3v) is 7.35. The zero-order valence-electron chi connectivity index (χ0n) is 16.7. The highest BCUT2D eigenvalue weighted by molar-refractivity contribution is 5.87. The molecule has 3 fully saturated rings. The van der Waals surface area contributed by atoms with Gasteiger partial charge in [0.2, 0.25) is 0 Å². The summed E-state index contributed by atoms with van der Waals surface area (Å²) in [5, 5.41) is 9.43.